The third-order valence-electron chi connectivity index (χ3n) is 4.51. The fourth-order valence-corrected chi connectivity index (χ4v) is 3.65. The molecule has 1 aromatic heterocycles. The Bertz CT molecular complexity index is 603. The van der Waals surface area contributed by atoms with Gasteiger partial charge in [-0.1, -0.05) is 21.5 Å². The van der Waals surface area contributed by atoms with Gasteiger partial charge in [-0.15, -0.1) is 0 Å². The summed E-state index contributed by atoms with van der Waals surface area (Å²) in [5.41, 5.74) is 3.58. The monoisotopic (exact) mass is 316 g/mol. The molecule has 0 spiro atoms. The number of rotatable bonds is 5. The molecule has 118 valence electrons. The number of nitrogens with zero attached hydrogens (tertiary/aromatic N) is 3. The van der Waals surface area contributed by atoms with Crippen LogP contribution in [0.1, 0.15) is 38.6 Å². The molecular formula is C17H25N4P. The van der Waals surface area contributed by atoms with E-state index in [1.807, 2.05) is 6.20 Å². The highest BCUT2D eigenvalue weighted by Gasteiger charge is 2.25. The lowest BCUT2D eigenvalue weighted by Crippen LogP contribution is -2.21. The maximum absolute atomic E-state index is 4.59. The summed E-state index contributed by atoms with van der Waals surface area (Å²) in [5.74, 6) is 1.08. The van der Waals surface area contributed by atoms with E-state index < -0.39 is 0 Å². The second-order valence-electron chi connectivity index (χ2n) is 5.80. The molecule has 2 heterocycles. The molecule has 0 bridgehead atoms. The molecule has 1 aliphatic rings. The zero-order valence-corrected chi connectivity index (χ0v) is 14.6. The van der Waals surface area contributed by atoms with Crippen molar-refractivity contribution in [2.24, 2.45) is 0 Å². The van der Waals surface area contributed by atoms with Crippen LogP contribution in [-0.2, 0) is 0 Å². The van der Waals surface area contributed by atoms with E-state index in [0.717, 1.165) is 31.2 Å². The fraction of sp³-hybridized carbons (Fsp3) is 0.471. The summed E-state index contributed by atoms with van der Waals surface area (Å²) in [7, 11) is 2.82. The molecule has 0 amide bonds. The number of aromatic amines is 1. The third-order valence-corrected chi connectivity index (χ3v) is 5.13. The summed E-state index contributed by atoms with van der Waals surface area (Å²) in [6, 6.07) is 9.16. The molecule has 0 aliphatic carbocycles. The minimum absolute atomic E-state index is 0.411. The van der Waals surface area contributed by atoms with Crippen LogP contribution in [-0.4, -0.2) is 34.3 Å². The molecular weight excluding hydrogens is 291 g/mol. The number of H-pyrrole nitrogens is 1. The van der Waals surface area contributed by atoms with Gasteiger partial charge in [-0.3, -0.25) is 4.67 Å². The molecule has 2 aromatic rings. The van der Waals surface area contributed by atoms with Gasteiger partial charge in [-0.25, -0.2) is 4.98 Å². The molecule has 1 fully saturated rings. The van der Waals surface area contributed by atoms with E-state index >= 15 is 0 Å². The van der Waals surface area contributed by atoms with Crippen LogP contribution in [0.25, 0.3) is 11.3 Å². The standard InChI is InChI=1S/C17H25N4P/c1-3-20(4-2)14-9-7-13(8-10-14)15-12-18-17(19-15)16-6-5-11-21(16)22/h7-10,12,16H,3-6,11,22H2,1-2H3,(H,18,19). The van der Waals surface area contributed by atoms with Crippen molar-refractivity contribution in [2.75, 3.05) is 24.5 Å². The molecule has 1 saturated heterocycles. The highest BCUT2D eigenvalue weighted by Crippen LogP contribution is 2.33. The summed E-state index contributed by atoms with van der Waals surface area (Å²) in [4.78, 5) is 10.4. The predicted octanol–water partition coefficient (Wildman–Crippen LogP) is 3.85. The Kier molecular flexibility index (Phi) is 4.80. The van der Waals surface area contributed by atoms with Gasteiger partial charge in [0.05, 0.1) is 17.9 Å². The summed E-state index contributed by atoms with van der Waals surface area (Å²) >= 11 is 0. The number of aromatic nitrogens is 2. The lowest BCUT2D eigenvalue weighted by atomic mass is 10.1. The van der Waals surface area contributed by atoms with Gasteiger partial charge in [-0.2, -0.15) is 0 Å². The van der Waals surface area contributed by atoms with Crippen LogP contribution in [0.5, 0.6) is 0 Å². The first-order valence-electron chi connectivity index (χ1n) is 8.14. The molecule has 3 rings (SSSR count). The largest absolute Gasteiger partial charge is 0.372 e. The molecule has 1 N–H and O–H groups in total. The molecule has 1 aliphatic heterocycles. The Morgan fingerprint density at radius 1 is 1.27 bits per heavy atom. The molecule has 0 saturated carbocycles. The predicted molar refractivity (Wildman–Crippen MR) is 96.0 cm³/mol. The molecule has 2 atom stereocenters. The number of nitrogens with one attached hydrogen (secondary N) is 1. The van der Waals surface area contributed by atoms with E-state index in [1.165, 1.54) is 24.1 Å². The van der Waals surface area contributed by atoms with Crippen LogP contribution in [0.4, 0.5) is 5.69 Å². The second kappa shape index (κ2) is 6.80. The third kappa shape index (κ3) is 3.04. The van der Waals surface area contributed by atoms with Crippen molar-refractivity contribution in [1.82, 2.24) is 14.6 Å². The van der Waals surface area contributed by atoms with Gasteiger partial charge >= 0.3 is 0 Å². The molecule has 0 radical (unpaired) electrons. The molecule has 22 heavy (non-hydrogen) atoms. The minimum atomic E-state index is 0.411. The second-order valence-corrected chi connectivity index (χ2v) is 6.46. The number of benzene rings is 1. The van der Waals surface area contributed by atoms with Crippen molar-refractivity contribution in [3.63, 3.8) is 0 Å². The zero-order chi connectivity index (χ0) is 15.5. The first-order chi connectivity index (χ1) is 10.7. The fourth-order valence-electron chi connectivity index (χ4n) is 3.18. The van der Waals surface area contributed by atoms with Crippen LogP contribution < -0.4 is 4.90 Å². The van der Waals surface area contributed by atoms with Gasteiger partial charge in [0, 0.05) is 25.3 Å². The van der Waals surface area contributed by atoms with Crippen molar-refractivity contribution in [3.8, 4) is 11.3 Å². The average molecular weight is 316 g/mol. The minimum Gasteiger partial charge on any atom is -0.372 e. The number of imidazole rings is 1. The van der Waals surface area contributed by atoms with Crippen molar-refractivity contribution >= 4 is 15.1 Å². The topological polar surface area (TPSA) is 35.2 Å². The lowest BCUT2D eigenvalue weighted by molar-refractivity contribution is 0.434. The van der Waals surface area contributed by atoms with Gasteiger partial charge in [0.1, 0.15) is 5.82 Å². The molecule has 4 nitrogen and oxygen atoms in total. The van der Waals surface area contributed by atoms with Gasteiger partial charge in [0.15, 0.2) is 0 Å². The molecule has 1 aromatic carbocycles. The van der Waals surface area contributed by atoms with Crippen molar-refractivity contribution in [2.45, 2.75) is 32.7 Å². The molecule has 5 heteroatoms. The number of anilines is 1. The number of hydrogen-bond donors (Lipinski definition) is 1. The highest BCUT2D eigenvalue weighted by molar-refractivity contribution is 7.13. The smallest absolute Gasteiger partial charge is 0.124 e. The normalized spacial score (nSPS) is 18.8. The average Bonchev–Trinajstić information content (AvgIpc) is 3.18. The van der Waals surface area contributed by atoms with E-state index in [1.54, 1.807) is 0 Å². The highest BCUT2D eigenvalue weighted by atomic mass is 31.0. The maximum Gasteiger partial charge on any atom is 0.124 e. The Morgan fingerprint density at radius 3 is 2.59 bits per heavy atom. The van der Waals surface area contributed by atoms with E-state index in [-0.39, 0.29) is 0 Å². The Balaban J connectivity index is 1.78. The number of hydrogen-bond acceptors (Lipinski definition) is 3. The summed E-state index contributed by atoms with van der Waals surface area (Å²) in [6.07, 6.45) is 4.37. The van der Waals surface area contributed by atoms with Crippen molar-refractivity contribution in [3.05, 3.63) is 36.3 Å². The summed E-state index contributed by atoms with van der Waals surface area (Å²) < 4.78 is 2.30. The van der Waals surface area contributed by atoms with Crippen LogP contribution >= 0.6 is 9.39 Å². The van der Waals surface area contributed by atoms with Crippen LogP contribution in [0.2, 0.25) is 0 Å². The van der Waals surface area contributed by atoms with Crippen LogP contribution in [0, 0.1) is 0 Å². The van der Waals surface area contributed by atoms with Gasteiger partial charge in [0.2, 0.25) is 0 Å². The van der Waals surface area contributed by atoms with E-state index in [4.69, 9.17) is 0 Å². The van der Waals surface area contributed by atoms with Crippen molar-refractivity contribution < 1.29 is 0 Å². The Hall–Kier alpha value is -1.38. The van der Waals surface area contributed by atoms with Gasteiger partial charge in [0.25, 0.3) is 0 Å². The first kappa shape index (κ1) is 15.5. The summed E-state index contributed by atoms with van der Waals surface area (Å²) in [6.45, 7) is 7.58. The summed E-state index contributed by atoms with van der Waals surface area (Å²) in [5, 5.41) is 0. The quantitative estimate of drug-likeness (QED) is 0.851. The Labute approximate surface area is 135 Å². The lowest BCUT2D eigenvalue weighted by Gasteiger charge is -2.21. The maximum atomic E-state index is 4.59. The van der Waals surface area contributed by atoms with Crippen LogP contribution in [0.3, 0.4) is 0 Å². The van der Waals surface area contributed by atoms with Crippen LogP contribution in [0.15, 0.2) is 30.5 Å². The van der Waals surface area contributed by atoms with E-state index in [2.05, 4.69) is 67.0 Å². The zero-order valence-electron chi connectivity index (χ0n) is 13.4. The van der Waals surface area contributed by atoms with Gasteiger partial charge in [-0.05, 0) is 44.4 Å². The van der Waals surface area contributed by atoms with Gasteiger partial charge < -0.3 is 9.88 Å². The SMILES string of the molecule is CCN(CC)c1ccc(-c2cnc(C3CCCN3P)[nH]2)cc1. The van der Waals surface area contributed by atoms with E-state index in [0.29, 0.717) is 6.04 Å². The Morgan fingerprint density at radius 2 is 2.00 bits per heavy atom. The van der Waals surface area contributed by atoms with Crippen molar-refractivity contribution in [1.29, 1.82) is 0 Å². The first-order valence-corrected chi connectivity index (χ1v) is 8.66. The molecule has 2 unspecified atom stereocenters. The van der Waals surface area contributed by atoms with E-state index in [9.17, 15) is 0 Å².